The second-order valence-electron chi connectivity index (χ2n) is 6.73. The number of hydrogen-bond acceptors (Lipinski definition) is 7. The van der Waals surface area contributed by atoms with Crippen LogP contribution in [-0.4, -0.2) is 44.8 Å². The molecular weight excluding hydrogens is 460 g/mol. The standard InChI is InChI=1S/C10H11NO2.C10H15NO2.C8H10O2/c1-3-12-9-6-4-5-7-10(9)13-8-11-2;1-2-12-9-5-3-4-6-10(9)13-8-7-11;1-2-10-8-6-4-3-5-7(8)9/h4-7H,3,8H2,1H3;3-6H,2,7-8,11H2,1H3;3-6,9H,2H2,1H3. The Morgan fingerprint density at radius 2 is 1.03 bits per heavy atom. The number of para-hydroxylation sites is 6. The fourth-order valence-corrected chi connectivity index (χ4v) is 2.69. The van der Waals surface area contributed by atoms with Crippen molar-refractivity contribution >= 4 is 0 Å². The molecule has 0 saturated heterocycles. The minimum absolute atomic E-state index is 0.0318. The quantitative estimate of drug-likeness (QED) is 0.336. The number of ether oxygens (including phenoxy) is 5. The van der Waals surface area contributed by atoms with Crippen molar-refractivity contribution in [1.29, 1.82) is 0 Å². The Bertz CT molecular complexity index is 1020. The Balaban J connectivity index is 0.000000273. The summed E-state index contributed by atoms with van der Waals surface area (Å²) in [6, 6.07) is 21.8. The van der Waals surface area contributed by atoms with Crippen molar-refractivity contribution in [2.24, 2.45) is 5.73 Å². The van der Waals surface area contributed by atoms with Crippen molar-refractivity contribution in [2.45, 2.75) is 20.8 Å². The average molecular weight is 497 g/mol. The number of nitrogens with zero attached hydrogens (tertiary/aromatic N) is 1. The molecule has 3 rings (SSSR count). The van der Waals surface area contributed by atoms with Gasteiger partial charge in [0.2, 0.25) is 0 Å². The van der Waals surface area contributed by atoms with Crippen molar-refractivity contribution in [1.82, 2.24) is 0 Å². The number of hydrogen-bond donors (Lipinski definition) is 2. The van der Waals surface area contributed by atoms with Gasteiger partial charge in [0.15, 0.2) is 34.5 Å². The summed E-state index contributed by atoms with van der Waals surface area (Å²) in [6.07, 6.45) is 0. The molecular formula is C28H36N2O6. The summed E-state index contributed by atoms with van der Waals surface area (Å²) in [7, 11) is 0. The highest BCUT2D eigenvalue weighted by atomic mass is 16.5. The lowest BCUT2D eigenvalue weighted by atomic mass is 10.3. The summed E-state index contributed by atoms with van der Waals surface area (Å²) in [6.45, 7) is 15.2. The first kappa shape index (κ1) is 29.9. The molecule has 8 nitrogen and oxygen atoms in total. The highest BCUT2D eigenvalue weighted by Gasteiger charge is 2.03. The summed E-state index contributed by atoms with van der Waals surface area (Å²) in [4.78, 5) is 3.10. The van der Waals surface area contributed by atoms with Gasteiger partial charge >= 0.3 is 6.73 Å². The van der Waals surface area contributed by atoms with E-state index in [4.69, 9.17) is 41.1 Å². The smallest absolute Gasteiger partial charge is 0.357 e. The van der Waals surface area contributed by atoms with Gasteiger partial charge in [0.1, 0.15) is 6.61 Å². The lowest BCUT2D eigenvalue weighted by molar-refractivity contribution is 0.282. The van der Waals surface area contributed by atoms with Crippen LogP contribution in [0.2, 0.25) is 0 Å². The number of phenolic OH excluding ortho intramolecular Hbond substituents is 1. The Morgan fingerprint density at radius 1 is 0.639 bits per heavy atom. The van der Waals surface area contributed by atoms with Crippen molar-refractivity contribution in [2.75, 3.05) is 39.7 Å². The lowest BCUT2D eigenvalue weighted by Gasteiger charge is -2.10. The Labute approximate surface area is 214 Å². The van der Waals surface area contributed by atoms with Crippen LogP contribution in [0.3, 0.4) is 0 Å². The Kier molecular flexibility index (Phi) is 16.0. The fourth-order valence-electron chi connectivity index (χ4n) is 2.69. The Morgan fingerprint density at radius 3 is 1.44 bits per heavy atom. The van der Waals surface area contributed by atoms with Gasteiger partial charge in [-0.1, -0.05) is 36.4 Å². The molecule has 0 heterocycles. The first-order chi connectivity index (χ1) is 17.6. The number of rotatable bonds is 11. The third kappa shape index (κ3) is 11.9. The summed E-state index contributed by atoms with van der Waals surface area (Å²) in [5.41, 5.74) is 5.33. The Hall–Kier alpha value is -4.09. The molecule has 0 radical (unpaired) electrons. The van der Waals surface area contributed by atoms with E-state index in [0.29, 0.717) is 50.2 Å². The van der Waals surface area contributed by atoms with Gasteiger partial charge in [-0.25, -0.2) is 6.57 Å². The molecule has 3 aromatic rings. The van der Waals surface area contributed by atoms with Crippen molar-refractivity contribution in [3.8, 4) is 34.5 Å². The number of nitrogens with two attached hydrogens (primary N) is 1. The predicted molar refractivity (Wildman–Crippen MR) is 141 cm³/mol. The molecule has 0 aliphatic carbocycles. The van der Waals surface area contributed by atoms with Crippen LogP contribution in [0.15, 0.2) is 72.8 Å². The first-order valence-electron chi connectivity index (χ1n) is 11.7. The molecule has 0 spiro atoms. The van der Waals surface area contributed by atoms with E-state index in [1.54, 1.807) is 24.3 Å². The van der Waals surface area contributed by atoms with Gasteiger partial charge in [-0.2, -0.15) is 0 Å². The van der Waals surface area contributed by atoms with Crippen LogP contribution in [0.25, 0.3) is 4.85 Å². The van der Waals surface area contributed by atoms with Gasteiger partial charge in [0.05, 0.1) is 19.8 Å². The van der Waals surface area contributed by atoms with Crippen LogP contribution < -0.4 is 29.4 Å². The van der Waals surface area contributed by atoms with E-state index in [1.807, 2.05) is 69.3 Å². The summed E-state index contributed by atoms with van der Waals surface area (Å²) < 4.78 is 26.3. The fraction of sp³-hybridized carbons (Fsp3) is 0.321. The van der Waals surface area contributed by atoms with Crippen molar-refractivity contribution in [3.05, 3.63) is 84.2 Å². The third-order valence-electron chi connectivity index (χ3n) is 4.12. The number of aromatic hydroxyl groups is 1. The largest absolute Gasteiger partial charge is 0.504 e. The first-order valence-corrected chi connectivity index (χ1v) is 11.7. The van der Waals surface area contributed by atoms with E-state index < -0.39 is 0 Å². The second kappa shape index (κ2) is 19.2. The normalized spacial score (nSPS) is 9.31. The summed E-state index contributed by atoms with van der Waals surface area (Å²) in [5, 5.41) is 9.12. The highest BCUT2D eigenvalue weighted by molar-refractivity contribution is 5.40. The van der Waals surface area contributed by atoms with Gasteiger partial charge in [0, 0.05) is 6.54 Å². The van der Waals surface area contributed by atoms with Gasteiger partial charge in [-0.3, -0.25) is 4.85 Å². The molecule has 3 aromatic carbocycles. The lowest BCUT2D eigenvalue weighted by Crippen LogP contribution is -2.11. The van der Waals surface area contributed by atoms with Crippen LogP contribution in [-0.2, 0) is 0 Å². The molecule has 0 amide bonds. The van der Waals surface area contributed by atoms with E-state index in [2.05, 4.69) is 4.85 Å². The second-order valence-corrected chi connectivity index (χ2v) is 6.73. The topological polar surface area (TPSA) is 96.8 Å². The van der Waals surface area contributed by atoms with Crippen molar-refractivity contribution in [3.63, 3.8) is 0 Å². The van der Waals surface area contributed by atoms with Gasteiger partial charge in [-0.05, 0) is 57.2 Å². The van der Waals surface area contributed by atoms with Crippen LogP contribution in [0.1, 0.15) is 20.8 Å². The zero-order chi connectivity index (χ0) is 26.4. The predicted octanol–water partition coefficient (Wildman–Crippen LogP) is 5.55. The van der Waals surface area contributed by atoms with E-state index in [1.165, 1.54) is 0 Å². The van der Waals surface area contributed by atoms with E-state index >= 15 is 0 Å². The number of benzene rings is 3. The molecule has 0 aliphatic rings. The molecule has 0 fully saturated rings. The molecule has 8 heteroatoms. The highest BCUT2D eigenvalue weighted by Crippen LogP contribution is 2.27. The minimum Gasteiger partial charge on any atom is -0.504 e. The maximum atomic E-state index is 9.12. The maximum absolute atomic E-state index is 9.12. The third-order valence-corrected chi connectivity index (χ3v) is 4.12. The minimum atomic E-state index is 0.0318. The molecule has 0 saturated carbocycles. The van der Waals surface area contributed by atoms with Crippen LogP contribution in [0, 0.1) is 6.57 Å². The van der Waals surface area contributed by atoms with Crippen molar-refractivity contribution < 1.29 is 28.8 Å². The average Bonchev–Trinajstić information content (AvgIpc) is 2.90. The molecule has 0 aromatic heterocycles. The molecule has 194 valence electrons. The molecule has 0 aliphatic heterocycles. The summed E-state index contributed by atoms with van der Waals surface area (Å²) in [5.74, 6) is 3.59. The van der Waals surface area contributed by atoms with Crippen LogP contribution in [0.4, 0.5) is 0 Å². The van der Waals surface area contributed by atoms with E-state index in [0.717, 1.165) is 11.5 Å². The van der Waals surface area contributed by atoms with E-state index in [-0.39, 0.29) is 12.5 Å². The SMILES string of the molecule is CCOc1ccccc1O.CCOc1ccccc1OCCN.[C-]#[N+]COc1ccccc1OCC. The van der Waals surface area contributed by atoms with E-state index in [9.17, 15) is 0 Å². The molecule has 0 atom stereocenters. The molecule has 0 unspecified atom stereocenters. The van der Waals surface area contributed by atoms with Crippen LogP contribution >= 0.6 is 0 Å². The molecule has 36 heavy (non-hydrogen) atoms. The number of phenols is 1. The molecule has 3 N–H and O–H groups in total. The zero-order valence-electron chi connectivity index (χ0n) is 21.2. The summed E-state index contributed by atoms with van der Waals surface area (Å²) >= 11 is 0. The monoisotopic (exact) mass is 496 g/mol. The van der Waals surface area contributed by atoms with Gasteiger partial charge < -0.3 is 34.5 Å². The zero-order valence-corrected chi connectivity index (χ0v) is 21.2. The molecule has 0 bridgehead atoms. The van der Waals surface area contributed by atoms with Crippen LogP contribution in [0.5, 0.6) is 34.5 Å². The van der Waals surface area contributed by atoms with Gasteiger partial charge in [-0.15, -0.1) is 0 Å². The van der Waals surface area contributed by atoms with Gasteiger partial charge in [0.25, 0.3) is 0 Å². The maximum Gasteiger partial charge on any atom is 0.357 e.